The van der Waals surface area contributed by atoms with Crippen molar-refractivity contribution in [2.45, 2.75) is 66.2 Å². The van der Waals surface area contributed by atoms with E-state index in [4.69, 9.17) is 11.6 Å². The molecule has 0 fully saturated rings. The lowest BCUT2D eigenvalue weighted by Crippen LogP contribution is -2.33. The highest BCUT2D eigenvalue weighted by Gasteiger charge is 2.17. The summed E-state index contributed by atoms with van der Waals surface area (Å²) in [5.74, 6) is 1.65. The highest BCUT2D eigenvalue weighted by molar-refractivity contribution is 6.17. The molecule has 0 aliphatic carbocycles. The van der Waals surface area contributed by atoms with Gasteiger partial charge in [-0.2, -0.15) is 0 Å². The monoisotopic (exact) mass is 261 g/mol. The number of unbranched alkanes of at least 4 members (excludes halogenated alkanes) is 1. The van der Waals surface area contributed by atoms with Gasteiger partial charge in [-0.25, -0.2) is 0 Å². The molecular formula is C15H32ClN. The first kappa shape index (κ1) is 17.2. The van der Waals surface area contributed by atoms with Crippen LogP contribution >= 0.6 is 11.6 Å². The first-order chi connectivity index (χ1) is 8.05. The van der Waals surface area contributed by atoms with E-state index in [0.29, 0.717) is 5.41 Å². The van der Waals surface area contributed by atoms with Crippen LogP contribution in [0.15, 0.2) is 0 Å². The van der Waals surface area contributed by atoms with Crippen molar-refractivity contribution in [1.29, 1.82) is 0 Å². The van der Waals surface area contributed by atoms with Gasteiger partial charge in [0.05, 0.1) is 0 Å². The van der Waals surface area contributed by atoms with Crippen LogP contribution in [0, 0.1) is 11.3 Å². The van der Waals surface area contributed by atoms with Gasteiger partial charge in [-0.3, -0.25) is 0 Å². The SMILES string of the molecule is CCCCC(CC)CNCC(C)(C)CCCCl. The Kier molecular flexibility index (Phi) is 10.3. The summed E-state index contributed by atoms with van der Waals surface area (Å²) in [6, 6.07) is 0. The van der Waals surface area contributed by atoms with Crippen molar-refractivity contribution in [2.75, 3.05) is 19.0 Å². The molecule has 0 aromatic rings. The smallest absolute Gasteiger partial charge is 0.0223 e. The molecule has 0 radical (unpaired) electrons. The number of alkyl halides is 1. The second-order valence-corrected chi connectivity index (χ2v) is 6.38. The molecule has 2 heteroatoms. The van der Waals surface area contributed by atoms with Crippen molar-refractivity contribution in [2.24, 2.45) is 11.3 Å². The zero-order valence-electron chi connectivity index (χ0n) is 12.3. The Bertz CT molecular complexity index is 168. The van der Waals surface area contributed by atoms with E-state index in [1.54, 1.807) is 0 Å². The average molecular weight is 262 g/mol. The minimum Gasteiger partial charge on any atom is -0.316 e. The second kappa shape index (κ2) is 10.2. The number of halogens is 1. The van der Waals surface area contributed by atoms with Gasteiger partial charge in [0.2, 0.25) is 0 Å². The molecule has 104 valence electrons. The van der Waals surface area contributed by atoms with E-state index in [2.05, 4.69) is 33.0 Å². The molecule has 0 aromatic carbocycles. The third kappa shape index (κ3) is 9.91. The molecule has 1 N–H and O–H groups in total. The highest BCUT2D eigenvalue weighted by atomic mass is 35.5. The lowest BCUT2D eigenvalue weighted by molar-refractivity contribution is 0.296. The van der Waals surface area contributed by atoms with E-state index in [0.717, 1.165) is 24.8 Å². The highest BCUT2D eigenvalue weighted by Crippen LogP contribution is 2.21. The minimum atomic E-state index is 0.387. The fourth-order valence-corrected chi connectivity index (χ4v) is 2.33. The summed E-state index contributed by atoms with van der Waals surface area (Å²) in [6.07, 6.45) is 7.71. The molecule has 0 spiro atoms. The quantitative estimate of drug-likeness (QED) is 0.525. The predicted octanol–water partition coefficient (Wildman–Crippen LogP) is 4.84. The molecule has 0 aliphatic heterocycles. The van der Waals surface area contributed by atoms with Crippen LogP contribution in [0.1, 0.15) is 66.2 Å². The van der Waals surface area contributed by atoms with Crippen molar-refractivity contribution in [1.82, 2.24) is 5.32 Å². The van der Waals surface area contributed by atoms with Gasteiger partial charge in [-0.15, -0.1) is 11.6 Å². The van der Waals surface area contributed by atoms with Crippen LogP contribution in [0.4, 0.5) is 0 Å². The molecular weight excluding hydrogens is 230 g/mol. The minimum absolute atomic E-state index is 0.387. The van der Waals surface area contributed by atoms with Crippen molar-refractivity contribution in [3.63, 3.8) is 0 Å². The Balaban J connectivity index is 3.70. The van der Waals surface area contributed by atoms with Gasteiger partial charge in [0.25, 0.3) is 0 Å². The third-order valence-corrected chi connectivity index (χ3v) is 3.83. The standard InChI is InChI=1S/C15H32ClN/c1-5-7-9-14(6-2)12-17-13-15(3,4)10-8-11-16/h14,17H,5-13H2,1-4H3. The Labute approximate surface area is 114 Å². The van der Waals surface area contributed by atoms with Gasteiger partial charge >= 0.3 is 0 Å². The topological polar surface area (TPSA) is 12.0 Å². The second-order valence-electron chi connectivity index (χ2n) is 6.00. The van der Waals surface area contributed by atoms with E-state index >= 15 is 0 Å². The molecule has 1 nitrogen and oxygen atoms in total. The number of rotatable bonds is 11. The summed E-state index contributed by atoms with van der Waals surface area (Å²) in [5.41, 5.74) is 0.387. The maximum absolute atomic E-state index is 5.75. The molecule has 0 saturated heterocycles. The van der Waals surface area contributed by atoms with Gasteiger partial charge < -0.3 is 5.32 Å². The van der Waals surface area contributed by atoms with Crippen molar-refractivity contribution < 1.29 is 0 Å². The van der Waals surface area contributed by atoms with Gasteiger partial charge in [0.1, 0.15) is 0 Å². The molecule has 1 atom stereocenters. The molecule has 0 aromatic heterocycles. The van der Waals surface area contributed by atoms with Crippen LogP contribution in [0.3, 0.4) is 0 Å². The molecule has 0 rings (SSSR count). The predicted molar refractivity (Wildman–Crippen MR) is 79.9 cm³/mol. The van der Waals surface area contributed by atoms with Gasteiger partial charge in [0, 0.05) is 12.4 Å². The van der Waals surface area contributed by atoms with Crippen LogP contribution in [-0.2, 0) is 0 Å². The van der Waals surface area contributed by atoms with E-state index in [9.17, 15) is 0 Å². The maximum atomic E-state index is 5.75. The van der Waals surface area contributed by atoms with Crippen molar-refractivity contribution in [3.8, 4) is 0 Å². The van der Waals surface area contributed by atoms with Gasteiger partial charge in [0.15, 0.2) is 0 Å². The number of hydrogen-bond acceptors (Lipinski definition) is 1. The molecule has 0 amide bonds. The fraction of sp³-hybridized carbons (Fsp3) is 1.00. The zero-order chi connectivity index (χ0) is 13.1. The van der Waals surface area contributed by atoms with Crippen LogP contribution in [-0.4, -0.2) is 19.0 Å². The van der Waals surface area contributed by atoms with E-state index in [1.165, 1.54) is 38.6 Å². The van der Waals surface area contributed by atoms with E-state index in [-0.39, 0.29) is 0 Å². The largest absolute Gasteiger partial charge is 0.316 e. The lowest BCUT2D eigenvalue weighted by atomic mass is 9.87. The summed E-state index contributed by atoms with van der Waals surface area (Å²) in [7, 11) is 0. The summed E-state index contributed by atoms with van der Waals surface area (Å²) in [4.78, 5) is 0. The molecule has 0 bridgehead atoms. The van der Waals surface area contributed by atoms with Crippen LogP contribution < -0.4 is 5.32 Å². The number of nitrogens with one attached hydrogen (secondary N) is 1. The van der Waals surface area contributed by atoms with E-state index in [1.807, 2.05) is 0 Å². The lowest BCUT2D eigenvalue weighted by Gasteiger charge is -2.26. The normalized spacial score (nSPS) is 13.9. The van der Waals surface area contributed by atoms with Crippen molar-refractivity contribution in [3.05, 3.63) is 0 Å². The summed E-state index contributed by atoms with van der Waals surface area (Å²) >= 11 is 5.75. The first-order valence-electron chi connectivity index (χ1n) is 7.32. The fourth-order valence-electron chi connectivity index (χ4n) is 2.19. The number of hydrogen-bond donors (Lipinski definition) is 1. The summed E-state index contributed by atoms with van der Waals surface area (Å²) in [5, 5.41) is 3.65. The van der Waals surface area contributed by atoms with Crippen LogP contribution in [0.5, 0.6) is 0 Å². The molecule has 0 saturated carbocycles. The first-order valence-corrected chi connectivity index (χ1v) is 7.85. The van der Waals surface area contributed by atoms with Gasteiger partial charge in [-0.05, 0) is 37.1 Å². The average Bonchev–Trinajstić information content (AvgIpc) is 2.31. The van der Waals surface area contributed by atoms with Crippen LogP contribution in [0.25, 0.3) is 0 Å². The van der Waals surface area contributed by atoms with E-state index < -0.39 is 0 Å². The summed E-state index contributed by atoms with van der Waals surface area (Å²) < 4.78 is 0. The van der Waals surface area contributed by atoms with Crippen LogP contribution in [0.2, 0.25) is 0 Å². The Morgan fingerprint density at radius 1 is 1.18 bits per heavy atom. The Hall–Kier alpha value is 0.250. The Morgan fingerprint density at radius 2 is 1.88 bits per heavy atom. The molecule has 1 unspecified atom stereocenters. The Morgan fingerprint density at radius 3 is 2.41 bits per heavy atom. The zero-order valence-corrected chi connectivity index (χ0v) is 13.1. The van der Waals surface area contributed by atoms with Crippen molar-refractivity contribution >= 4 is 11.6 Å². The maximum Gasteiger partial charge on any atom is 0.0223 e. The molecule has 0 heterocycles. The molecule has 0 aliphatic rings. The molecule has 17 heavy (non-hydrogen) atoms. The van der Waals surface area contributed by atoms with Gasteiger partial charge in [-0.1, -0.05) is 47.0 Å². The third-order valence-electron chi connectivity index (χ3n) is 3.57. The summed E-state index contributed by atoms with van der Waals surface area (Å²) in [6.45, 7) is 11.5.